The molecule has 322 valence electrons. The maximum atomic E-state index is 13.6. The van der Waals surface area contributed by atoms with Gasteiger partial charge >= 0.3 is 17.1 Å². The van der Waals surface area contributed by atoms with Gasteiger partial charge in [-0.2, -0.15) is 13.2 Å². The number of nitrogens with zero attached hydrogens (tertiary/aromatic N) is 8. The SMILES string of the molecule is Brc1nc[nH]c1C1CC1.O=[N+]([O-])c1ccc(CBr)cc1F.O=[N+]([O-])c1ccc(CN2C=NC(C3CC3)C2Br)cc1F.O=[N+]([O-])c1ccc(Cn2cnc(Br)c2C2CC2)cc1F. The van der Waals surface area contributed by atoms with Crippen molar-refractivity contribution in [1.82, 2.24) is 24.4 Å². The molecule has 15 nitrogen and oxygen atoms in total. The van der Waals surface area contributed by atoms with Crippen LogP contribution in [0.1, 0.15) is 78.4 Å². The zero-order valence-electron chi connectivity index (χ0n) is 31.9. The van der Waals surface area contributed by atoms with E-state index in [-0.39, 0.29) is 11.0 Å². The van der Waals surface area contributed by atoms with E-state index in [4.69, 9.17) is 0 Å². The lowest BCUT2D eigenvalue weighted by molar-refractivity contribution is -0.387. The molecule has 0 spiro atoms. The number of benzene rings is 3. The van der Waals surface area contributed by atoms with Gasteiger partial charge in [0.25, 0.3) is 0 Å². The van der Waals surface area contributed by atoms with Crippen molar-refractivity contribution in [2.24, 2.45) is 10.9 Å². The van der Waals surface area contributed by atoms with Gasteiger partial charge < -0.3 is 14.5 Å². The van der Waals surface area contributed by atoms with Crippen LogP contribution in [0.15, 0.2) is 81.5 Å². The number of nitrogens with one attached hydrogen (secondary N) is 1. The van der Waals surface area contributed by atoms with Gasteiger partial charge in [-0.15, -0.1) is 0 Å². The van der Waals surface area contributed by atoms with Crippen LogP contribution >= 0.6 is 63.7 Å². The number of H-pyrrole nitrogens is 1. The largest absolute Gasteiger partial charge is 0.347 e. The molecule has 0 radical (unpaired) electrons. The van der Waals surface area contributed by atoms with Crippen LogP contribution in [0.3, 0.4) is 0 Å². The van der Waals surface area contributed by atoms with Crippen LogP contribution in [0, 0.1) is 53.7 Å². The Morgan fingerprint density at radius 2 is 1.21 bits per heavy atom. The molecule has 3 fully saturated rings. The lowest BCUT2D eigenvalue weighted by Crippen LogP contribution is -2.31. The molecule has 3 aromatic carbocycles. The minimum atomic E-state index is -0.806. The highest BCUT2D eigenvalue weighted by Gasteiger charge is 2.40. The molecular weight excluding hydrogens is 1070 g/mol. The summed E-state index contributed by atoms with van der Waals surface area (Å²) in [5.41, 5.74) is 2.97. The second kappa shape index (κ2) is 20.6. The van der Waals surface area contributed by atoms with Gasteiger partial charge in [-0.3, -0.25) is 35.3 Å². The Balaban J connectivity index is 0.000000142. The van der Waals surface area contributed by atoms with Crippen LogP contribution in [0.25, 0.3) is 0 Å². The maximum absolute atomic E-state index is 13.6. The lowest BCUT2D eigenvalue weighted by atomic mass is 10.1. The summed E-state index contributed by atoms with van der Waals surface area (Å²) in [6.45, 7) is 0.941. The molecule has 0 amide bonds. The maximum Gasteiger partial charge on any atom is 0.304 e. The zero-order chi connectivity index (χ0) is 44.0. The molecule has 3 saturated carbocycles. The van der Waals surface area contributed by atoms with Crippen molar-refractivity contribution >= 4 is 87.1 Å². The third-order valence-electron chi connectivity index (χ3n) is 9.99. The van der Waals surface area contributed by atoms with E-state index in [0.29, 0.717) is 46.9 Å². The predicted molar refractivity (Wildman–Crippen MR) is 234 cm³/mol. The summed E-state index contributed by atoms with van der Waals surface area (Å²) in [5, 5.41) is 31.8. The smallest absolute Gasteiger partial charge is 0.304 e. The van der Waals surface area contributed by atoms with E-state index in [1.165, 1.54) is 61.7 Å². The van der Waals surface area contributed by atoms with Gasteiger partial charge in [0.2, 0.25) is 17.5 Å². The van der Waals surface area contributed by atoms with Crippen LogP contribution in [0.2, 0.25) is 0 Å². The number of halogens is 7. The molecule has 4 aliphatic rings. The summed E-state index contributed by atoms with van der Waals surface area (Å²) >= 11 is 13.5. The molecule has 0 saturated heterocycles. The molecule has 2 atom stereocenters. The van der Waals surface area contributed by atoms with Gasteiger partial charge in [0.1, 0.15) is 14.2 Å². The lowest BCUT2D eigenvalue weighted by Gasteiger charge is -2.23. The van der Waals surface area contributed by atoms with Crippen molar-refractivity contribution in [3.05, 3.63) is 152 Å². The van der Waals surface area contributed by atoms with Crippen molar-refractivity contribution in [3.8, 4) is 0 Å². The number of imidazole rings is 2. The first kappa shape index (κ1) is 46.0. The topological polar surface area (TPSA) is 192 Å². The van der Waals surface area contributed by atoms with E-state index in [1.54, 1.807) is 31.1 Å². The van der Waals surface area contributed by atoms with E-state index in [2.05, 4.69) is 83.7 Å². The second-order valence-electron chi connectivity index (χ2n) is 14.6. The van der Waals surface area contributed by atoms with Crippen LogP contribution in [-0.4, -0.2) is 56.5 Å². The minimum Gasteiger partial charge on any atom is -0.347 e. The molecule has 0 bridgehead atoms. The quantitative estimate of drug-likeness (QED) is 0.0580. The molecule has 9 rings (SSSR count). The van der Waals surface area contributed by atoms with Crippen LogP contribution in [0.4, 0.5) is 30.2 Å². The number of aromatic nitrogens is 4. The summed E-state index contributed by atoms with van der Waals surface area (Å²) < 4.78 is 43.8. The summed E-state index contributed by atoms with van der Waals surface area (Å²) in [5.74, 6) is -0.476. The Hall–Kier alpha value is -4.54. The zero-order valence-corrected chi connectivity index (χ0v) is 38.2. The monoisotopic (exact) mass is 1100 g/mol. The average Bonchev–Trinajstić information content (AvgIpc) is 4.15. The number of rotatable bonds is 11. The number of aromatic amines is 1. The van der Waals surface area contributed by atoms with E-state index < -0.39 is 49.3 Å². The van der Waals surface area contributed by atoms with Gasteiger partial charge in [0.15, 0.2) is 0 Å². The molecule has 22 heteroatoms. The van der Waals surface area contributed by atoms with Gasteiger partial charge in [-0.1, -0.05) is 50.1 Å². The summed E-state index contributed by atoms with van der Waals surface area (Å²) in [6.07, 6.45) is 12.6. The fourth-order valence-corrected chi connectivity index (χ4v) is 8.74. The van der Waals surface area contributed by atoms with Gasteiger partial charge in [-0.25, -0.2) is 9.97 Å². The Kier molecular flexibility index (Phi) is 15.5. The van der Waals surface area contributed by atoms with Crippen molar-refractivity contribution in [1.29, 1.82) is 0 Å². The van der Waals surface area contributed by atoms with E-state index in [0.717, 1.165) is 45.8 Å². The summed E-state index contributed by atoms with van der Waals surface area (Å²) in [7, 11) is 0. The third kappa shape index (κ3) is 12.3. The highest BCUT2D eigenvalue weighted by Crippen LogP contribution is 2.44. The normalized spacial score (nSPS) is 17.7. The Morgan fingerprint density at radius 1 is 0.705 bits per heavy atom. The minimum absolute atomic E-state index is 0.119. The molecule has 1 N–H and O–H groups in total. The average molecular weight is 1100 g/mol. The molecule has 3 heterocycles. The highest BCUT2D eigenvalue weighted by molar-refractivity contribution is 9.10. The number of alkyl halides is 2. The molecule has 61 heavy (non-hydrogen) atoms. The molecular formula is C39H36Br4F3N9O6. The van der Waals surface area contributed by atoms with E-state index in [9.17, 15) is 43.5 Å². The highest BCUT2D eigenvalue weighted by atomic mass is 79.9. The van der Waals surface area contributed by atoms with Gasteiger partial charge in [-0.05, 0) is 111 Å². The van der Waals surface area contributed by atoms with E-state index in [1.807, 2.05) is 9.47 Å². The predicted octanol–water partition coefficient (Wildman–Crippen LogP) is 11.4. The fraction of sp³-hybridized carbons (Fsp3) is 0.359. The Morgan fingerprint density at radius 3 is 1.66 bits per heavy atom. The van der Waals surface area contributed by atoms with Crippen molar-refractivity contribution in [2.45, 2.75) is 79.8 Å². The van der Waals surface area contributed by atoms with Gasteiger partial charge in [0.05, 0.1) is 51.2 Å². The van der Waals surface area contributed by atoms with E-state index >= 15 is 0 Å². The fourth-order valence-electron chi connectivity index (χ4n) is 6.39. The van der Waals surface area contributed by atoms with Crippen molar-refractivity contribution < 1.29 is 27.9 Å². The number of hydrogen-bond acceptors (Lipinski definition) is 10. The standard InChI is InChI=1S/C13H11BrFN3O2.C13H13BrFN3O2.C7H5BrFNO2.C6H7BrN2/c14-13-12(9-2-3-9)17(7-16-13)6-8-1-4-11(18(19)20)10(15)5-8;14-13-12(9-2-3-9)16-7-17(13)6-8-1-4-11(18(19)20)10(15)5-8;8-4-5-1-2-7(10(11)12)6(9)3-5;7-6-5(4-1-2-4)8-3-9-6/h1,4-5,7,9H,2-3,6H2;1,4-5,7,9,12-13H,2-3,6H2;1-3H,4H2;3-4H,1-2H2,(H,8,9). The van der Waals surface area contributed by atoms with Crippen LogP contribution < -0.4 is 0 Å². The molecule has 2 unspecified atom stereocenters. The first-order valence-electron chi connectivity index (χ1n) is 18.8. The molecule has 1 aliphatic heterocycles. The Bertz CT molecular complexity index is 2430. The summed E-state index contributed by atoms with van der Waals surface area (Å²) in [6, 6.07) is 12.1. The third-order valence-corrected chi connectivity index (χ3v) is 12.9. The van der Waals surface area contributed by atoms with Crippen LogP contribution in [0.5, 0.6) is 0 Å². The van der Waals surface area contributed by atoms with Crippen LogP contribution in [-0.2, 0) is 18.4 Å². The Labute approximate surface area is 380 Å². The molecule has 3 aliphatic carbocycles. The van der Waals surface area contributed by atoms with Gasteiger partial charge in [0, 0.05) is 48.5 Å². The number of nitro benzene ring substituents is 3. The number of aliphatic imine (C=N–C) groups is 1. The molecule has 2 aromatic heterocycles. The van der Waals surface area contributed by atoms with Crippen molar-refractivity contribution in [3.63, 3.8) is 0 Å². The first-order valence-corrected chi connectivity index (χ1v) is 22.4. The first-order chi connectivity index (χ1) is 29.1. The number of hydrogen-bond donors (Lipinski definition) is 1. The molecule has 5 aromatic rings. The second-order valence-corrected chi connectivity index (χ2v) is 17.6. The number of nitro groups is 3. The summed E-state index contributed by atoms with van der Waals surface area (Å²) in [4.78, 5) is 47.1. The van der Waals surface area contributed by atoms with Crippen molar-refractivity contribution in [2.75, 3.05) is 0 Å².